The highest BCUT2D eigenvalue weighted by Crippen LogP contribution is 2.23. The molecule has 0 aliphatic rings. The third kappa shape index (κ3) is 2.82. The molecule has 5 heteroatoms. The van der Waals surface area contributed by atoms with E-state index in [9.17, 15) is 9.59 Å². The Morgan fingerprint density at radius 3 is 2.56 bits per heavy atom. The van der Waals surface area contributed by atoms with Crippen LogP contribution in [-0.2, 0) is 11.2 Å². The lowest BCUT2D eigenvalue weighted by Gasteiger charge is -2.13. The molecule has 16 heavy (non-hydrogen) atoms. The number of thiophene rings is 1. The Morgan fingerprint density at radius 1 is 1.50 bits per heavy atom. The third-order valence-electron chi connectivity index (χ3n) is 2.29. The Morgan fingerprint density at radius 2 is 2.12 bits per heavy atom. The Labute approximate surface area is 99.0 Å². The van der Waals surface area contributed by atoms with Crippen molar-refractivity contribution in [2.75, 3.05) is 13.6 Å². The number of carbonyl (C=O) groups is 2. The number of nitrogens with zero attached hydrogens (tertiary/aromatic N) is 1. The number of rotatable bonds is 4. The Kier molecular flexibility index (Phi) is 4.06. The first-order valence-electron chi connectivity index (χ1n) is 5.08. The highest BCUT2D eigenvalue weighted by atomic mass is 32.1. The number of likely N-dealkylation sites (N-methyl/N-ethyl adjacent to an activating group) is 1. The lowest BCUT2D eigenvalue weighted by molar-refractivity contribution is -0.118. The van der Waals surface area contributed by atoms with Gasteiger partial charge in [-0.05, 0) is 25.0 Å². The molecule has 0 aliphatic carbocycles. The van der Waals surface area contributed by atoms with E-state index in [0.717, 1.165) is 12.0 Å². The van der Waals surface area contributed by atoms with Crippen LogP contribution in [0.2, 0.25) is 0 Å². The summed E-state index contributed by atoms with van der Waals surface area (Å²) in [5.41, 5.74) is 6.17. The number of carbonyl (C=O) groups excluding carboxylic acids is 2. The van der Waals surface area contributed by atoms with E-state index in [2.05, 4.69) is 6.92 Å². The molecule has 2 amide bonds. The molecule has 0 fully saturated rings. The summed E-state index contributed by atoms with van der Waals surface area (Å²) in [6.07, 6.45) is 0.920. The van der Waals surface area contributed by atoms with E-state index < -0.39 is 5.91 Å². The molecule has 0 bridgehead atoms. The summed E-state index contributed by atoms with van der Waals surface area (Å²) in [7, 11) is 1.58. The molecule has 0 radical (unpaired) electrons. The van der Waals surface area contributed by atoms with Gasteiger partial charge in [0.1, 0.15) is 0 Å². The second-order valence-corrected chi connectivity index (χ2v) is 4.83. The Bertz CT molecular complexity index is 412. The molecular formula is C11H16N2O2S. The Hall–Kier alpha value is -1.36. The first-order valence-corrected chi connectivity index (χ1v) is 5.90. The first-order chi connectivity index (χ1) is 7.45. The molecule has 0 saturated carbocycles. The van der Waals surface area contributed by atoms with Crippen molar-refractivity contribution in [3.63, 3.8) is 0 Å². The van der Waals surface area contributed by atoms with Crippen molar-refractivity contribution in [1.82, 2.24) is 4.90 Å². The van der Waals surface area contributed by atoms with Crippen LogP contribution in [0.25, 0.3) is 0 Å². The molecule has 88 valence electrons. The maximum absolute atomic E-state index is 11.9. The zero-order valence-electron chi connectivity index (χ0n) is 9.74. The largest absolute Gasteiger partial charge is 0.368 e. The fraction of sp³-hybridized carbons (Fsp3) is 0.455. The summed E-state index contributed by atoms with van der Waals surface area (Å²) < 4.78 is 0. The zero-order chi connectivity index (χ0) is 12.3. The standard InChI is InChI=1S/C11H16N2O2S/c1-4-8-7(2)5-9(16-8)11(15)13(3)6-10(12)14/h5H,4,6H2,1-3H3,(H2,12,14). The van der Waals surface area contributed by atoms with Gasteiger partial charge in [-0.15, -0.1) is 11.3 Å². The molecule has 0 spiro atoms. The van der Waals surface area contributed by atoms with Gasteiger partial charge in [0, 0.05) is 11.9 Å². The van der Waals surface area contributed by atoms with Crippen LogP contribution < -0.4 is 5.73 Å². The average Bonchev–Trinajstić information content (AvgIpc) is 2.57. The summed E-state index contributed by atoms with van der Waals surface area (Å²) >= 11 is 1.48. The third-order valence-corrected chi connectivity index (χ3v) is 3.66. The maximum Gasteiger partial charge on any atom is 0.264 e. The molecule has 1 rings (SSSR count). The summed E-state index contributed by atoms with van der Waals surface area (Å²) in [5.74, 6) is -0.647. The first kappa shape index (κ1) is 12.7. The Balaban J connectivity index is 2.83. The van der Waals surface area contributed by atoms with Crippen LogP contribution in [0.5, 0.6) is 0 Å². The molecule has 0 aliphatic heterocycles. The molecular weight excluding hydrogens is 224 g/mol. The molecule has 0 saturated heterocycles. The van der Waals surface area contributed by atoms with Crippen molar-refractivity contribution in [3.8, 4) is 0 Å². The van der Waals surface area contributed by atoms with Gasteiger partial charge >= 0.3 is 0 Å². The van der Waals surface area contributed by atoms with Crippen LogP contribution in [0.3, 0.4) is 0 Å². The fourth-order valence-corrected chi connectivity index (χ4v) is 2.58. The van der Waals surface area contributed by atoms with Gasteiger partial charge in [0.05, 0.1) is 11.4 Å². The lowest BCUT2D eigenvalue weighted by atomic mass is 10.2. The smallest absolute Gasteiger partial charge is 0.264 e. The fourth-order valence-electron chi connectivity index (χ4n) is 1.47. The second kappa shape index (κ2) is 5.12. The van der Waals surface area contributed by atoms with E-state index in [4.69, 9.17) is 5.73 Å². The van der Waals surface area contributed by atoms with E-state index in [1.54, 1.807) is 7.05 Å². The minimum atomic E-state index is -0.500. The normalized spacial score (nSPS) is 10.2. The average molecular weight is 240 g/mol. The van der Waals surface area contributed by atoms with E-state index in [0.29, 0.717) is 4.88 Å². The topological polar surface area (TPSA) is 63.4 Å². The maximum atomic E-state index is 11.9. The minimum Gasteiger partial charge on any atom is -0.368 e. The second-order valence-electron chi connectivity index (χ2n) is 3.70. The van der Waals surface area contributed by atoms with Crippen molar-refractivity contribution < 1.29 is 9.59 Å². The predicted molar refractivity (Wildman–Crippen MR) is 64.6 cm³/mol. The van der Waals surface area contributed by atoms with Gasteiger partial charge in [-0.3, -0.25) is 9.59 Å². The van der Waals surface area contributed by atoms with Crippen LogP contribution in [0, 0.1) is 6.92 Å². The van der Waals surface area contributed by atoms with Crippen molar-refractivity contribution in [3.05, 3.63) is 21.4 Å². The van der Waals surface area contributed by atoms with E-state index in [1.165, 1.54) is 21.1 Å². The van der Waals surface area contributed by atoms with Gasteiger partial charge in [-0.25, -0.2) is 0 Å². The van der Waals surface area contributed by atoms with Gasteiger partial charge in [-0.2, -0.15) is 0 Å². The van der Waals surface area contributed by atoms with Gasteiger partial charge in [0.2, 0.25) is 5.91 Å². The molecule has 0 aromatic carbocycles. The van der Waals surface area contributed by atoms with Crippen molar-refractivity contribution in [2.45, 2.75) is 20.3 Å². The lowest BCUT2D eigenvalue weighted by Crippen LogP contribution is -2.34. The number of hydrogen-bond donors (Lipinski definition) is 1. The minimum absolute atomic E-state index is 0.0444. The molecule has 2 N–H and O–H groups in total. The monoisotopic (exact) mass is 240 g/mol. The van der Waals surface area contributed by atoms with Crippen molar-refractivity contribution in [1.29, 1.82) is 0 Å². The van der Waals surface area contributed by atoms with Gasteiger partial charge in [0.15, 0.2) is 0 Å². The molecule has 0 atom stereocenters. The SMILES string of the molecule is CCc1sc(C(=O)N(C)CC(N)=O)cc1C. The van der Waals surface area contributed by atoms with Gasteiger partial charge in [0.25, 0.3) is 5.91 Å². The number of aryl methyl sites for hydroxylation is 2. The molecule has 0 unspecified atom stereocenters. The number of nitrogens with two attached hydrogens (primary N) is 1. The molecule has 1 aromatic rings. The van der Waals surface area contributed by atoms with E-state index in [-0.39, 0.29) is 12.5 Å². The van der Waals surface area contributed by atoms with Gasteiger partial charge < -0.3 is 10.6 Å². The quantitative estimate of drug-likeness (QED) is 0.858. The van der Waals surface area contributed by atoms with Crippen LogP contribution in [0.4, 0.5) is 0 Å². The zero-order valence-corrected chi connectivity index (χ0v) is 10.6. The summed E-state index contributed by atoms with van der Waals surface area (Å²) in [6.45, 7) is 4.00. The van der Waals surface area contributed by atoms with Crippen molar-refractivity contribution in [2.24, 2.45) is 5.73 Å². The van der Waals surface area contributed by atoms with E-state index >= 15 is 0 Å². The summed E-state index contributed by atoms with van der Waals surface area (Å²) in [6, 6.07) is 1.86. The van der Waals surface area contributed by atoms with Crippen LogP contribution >= 0.6 is 11.3 Å². The van der Waals surface area contributed by atoms with Crippen molar-refractivity contribution >= 4 is 23.2 Å². The summed E-state index contributed by atoms with van der Waals surface area (Å²) in [4.78, 5) is 25.8. The number of hydrogen-bond acceptors (Lipinski definition) is 3. The van der Waals surface area contributed by atoms with Gasteiger partial charge in [-0.1, -0.05) is 6.92 Å². The van der Waals surface area contributed by atoms with Crippen LogP contribution in [0.1, 0.15) is 27.0 Å². The predicted octanol–water partition coefficient (Wildman–Crippen LogP) is 1.18. The van der Waals surface area contributed by atoms with Crippen LogP contribution in [-0.4, -0.2) is 30.3 Å². The number of amides is 2. The highest BCUT2D eigenvalue weighted by Gasteiger charge is 2.16. The van der Waals surface area contributed by atoms with E-state index in [1.807, 2.05) is 13.0 Å². The molecule has 1 heterocycles. The van der Waals surface area contributed by atoms with Crippen LogP contribution in [0.15, 0.2) is 6.07 Å². The molecule has 1 aromatic heterocycles. The summed E-state index contributed by atoms with van der Waals surface area (Å²) in [5, 5.41) is 0. The highest BCUT2D eigenvalue weighted by molar-refractivity contribution is 7.14. The molecule has 4 nitrogen and oxygen atoms in total. The number of primary amides is 1.